The molecular formula is C17H19ClN2O. The second-order valence-electron chi connectivity index (χ2n) is 5.34. The molecule has 2 heterocycles. The van der Waals surface area contributed by atoms with Crippen molar-refractivity contribution < 1.29 is 4.74 Å². The first-order chi connectivity index (χ1) is 10.3. The van der Waals surface area contributed by atoms with Crippen molar-refractivity contribution in [1.82, 2.24) is 9.88 Å². The quantitative estimate of drug-likeness (QED) is 0.869. The number of fused-ring (bicyclic) bond motifs is 1. The molecule has 1 aromatic heterocycles. The van der Waals surface area contributed by atoms with Crippen molar-refractivity contribution in [2.45, 2.75) is 19.4 Å². The van der Waals surface area contributed by atoms with Crippen molar-refractivity contribution >= 4 is 11.6 Å². The summed E-state index contributed by atoms with van der Waals surface area (Å²) in [5.41, 5.74) is 3.89. The van der Waals surface area contributed by atoms with Crippen LogP contribution in [-0.2, 0) is 19.4 Å². The number of hydrogen-bond donors (Lipinski definition) is 0. The monoisotopic (exact) mass is 302 g/mol. The van der Waals surface area contributed by atoms with Gasteiger partial charge in [0.15, 0.2) is 0 Å². The minimum absolute atomic E-state index is 0.747. The van der Waals surface area contributed by atoms with E-state index < -0.39 is 0 Å². The number of benzene rings is 1. The van der Waals surface area contributed by atoms with Crippen LogP contribution in [0.15, 0.2) is 36.7 Å². The molecule has 1 aliphatic rings. The van der Waals surface area contributed by atoms with E-state index in [1.807, 2.05) is 12.1 Å². The molecule has 0 amide bonds. The third-order valence-electron chi connectivity index (χ3n) is 4.08. The van der Waals surface area contributed by atoms with Gasteiger partial charge in [-0.3, -0.25) is 9.88 Å². The topological polar surface area (TPSA) is 25.4 Å². The van der Waals surface area contributed by atoms with Gasteiger partial charge in [0.2, 0.25) is 0 Å². The van der Waals surface area contributed by atoms with Gasteiger partial charge in [0.05, 0.1) is 12.1 Å². The van der Waals surface area contributed by atoms with E-state index in [4.69, 9.17) is 16.3 Å². The lowest BCUT2D eigenvalue weighted by Gasteiger charge is -2.20. The van der Waals surface area contributed by atoms with E-state index in [0.717, 1.165) is 48.8 Å². The highest BCUT2D eigenvalue weighted by molar-refractivity contribution is 6.31. The molecule has 0 N–H and O–H groups in total. The fraction of sp³-hybridized carbons (Fsp3) is 0.353. The Hall–Kier alpha value is -1.58. The number of aromatic nitrogens is 1. The van der Waals surface area contributed by atoms with Crippen LogP contribution in [0, 0.1) is 0 Å². The van der Waals surface area contributed by atoms with Crippen LogP contribution in [-0.4, -0.2) is 30.1 Å². The van der Waals surface area contributed by atoms with Gasteiger partial charge in [0.25, 0.3) is 0 Å². The van der Waals surface area contributed by atoms with E-state index in [0.29, 0.717) is 0 Å². The van der Waals surface area contributed by atoms with Gasteiger partial charge in [-0.1, -0.05) is 23.7 Å². The Morgan fingerprint density at radius 2 is 2.10 bits per heavy atom. The van der Waals surface area contributed by atoms with Crippen LogP contribution in [0.5, 0.6) is 5.75 Å². The lowest BCUT2D eigenvalue weighted by Crippen LogP contribution is -2.26. The standard InChI is InChI=1S/C17H19ClN2O/c1-21-17-4-2-3-13-6-9-20(10-7-15(13)17)12-14-5-8-19-11-16(14)18/h2-5,8,11H,6-7,9-10,12H2,1H3. The highest BCUT2D eigenvalue weighted by atomic mass is 35.5. The van der Waals surface area contributed by atoms with E-state index in [-0.39, 0.29) is 0 Å². The van der Waals surface area contributed by atoms with E-state index in [2.05, 4.69) is 22.0 Å². The molecule has 0 aliphatic carbocycles. The van der Waals surface area contributed by atoms with Crippen LogP contribution in [0.4, 0.5) is 0 Å². The van der Waals surface area contributed by atoms with Crippen LogP contribution in [0.25, 0.3) is 0 Å². The minimum atomic E-state index is 0.747. The molecule has 1 aromatic carbocycles. The molecule has 2 aromatic rings. The zero-order valence-electron chi connectivity index (χ0n) is 12.2. The highest BCUT2D eigenvalue weighted by Crippen LogP contribution is 2.26. The highest BCUT2D eigenvalue weighted by Gasteiger charge is 2.17. The molecule has 0 unspecified atom stereocenters. The molecule has 21 heavy (non-hydrogen) atoms. The average Bonchev–Trinajstić information content (AvgIpc) is 2.72. The fourth-order valence-corrected chi connectivity index (χ4v) is 3.09. The second-order valence-corrected chi connectivity index (χ2v) is 5.75. The summed E-state index contributed by atoms with van der Waals surface area (Å²) in [6.07, 6.45) is 5.58. The maximum atomic E-state index is 6.21. The molecule has 0 spiro atoms. The molecule has 0 radical (unpaired) electrons. The van der Waals surface area contributed by atoms with Crippen LogP contribution in [0.1, 0.15) is 16.7 Å². The van der Waals surface area contributed by atoms with Gasteiger partial charge < -0.3 is 4.74 Å². The first kappa shape index (κ1) is 14.4. The van der Waals surface area contributed by atoms with Crippen molar-refractivity contribution in [2.24, 2.45) is 0 Å². The van der Waals surface area contributed by atoms with E-state index in [1.165, 1.54) is 11.1 Å². The summed E-state index contributed by atoms with van der Waals surface area (Å²) in [5, 5.41) is 0.747. The summed E-state index contributed by atoms with van der Waals surface area (Å²) in [5.74, 6) is 1.01. The van der Waals surface area contributed by atoms with E-state index in [1.54, 1.807) is 19.5 Å². The smallest absolute Gasteiger partial charge is 0.122 e. The number of halogens is 1. The van der Waals surface area contributed by atoms with Gasteiger partial charge in [-0.05, 0) is 41.7 Å². The molecule has 4 heteroatoms. The number of ether oxygens (including phenoxy) is 1. The Kier molecular flexibility index (Phi) is 4.42. The number of methoxy groups -OCH3 is 1. The maximum absolute atomic E-state index is 6.21. The van der Waals surface area contributed by atoms with Gasteiger partial charge >= 0.3 is 0 Å². The summed E-state index contributed by atoms with van der Waals surface area (Å²) >= 11 is 6.21. The van der Waals surface area contributed by atoms with Gasteiger partial charge in [0.1, 0.15) is 5.75 Å². The van der Waals surface area contributed by atoms with Gasteiger partial charge in [-0.2, -0.15) is 0 Å². The summed E-state index contributed by atoms with van der Waals surface area (Å²) in [7, 11) is 1.75. The van der Waals surface area contributed by atoms with Crippen LogP contribution < -0.4 is 4.74 Å². The Labute approximate surface area is 130 Å². The molecule has 3 rings (SSSR count). The normalized spacial score (nSPS) is 15.3. The SMILES string of the molecule is COc1cccc2c1CCN(Cc1ccncc1Cl)CC2. The summed E-state index contributed by atoms with van der Waals surface area (Å²) in [6.45, 7) is 2.93. The first-order valence-electron chi connectivity index (χ1n) is 7.23. The fourth-order valence-electron chi connectivity index (χ4n) is 2.91. The van der Waals surface area contributed by atoms with Gasteiger partial charge in [-0.15, -0.1) is 0 Å². The summed E-state index contributed by atoms with van der Waals surface area (Å²) in [6, 6.07) is 8.34. The largest absolute Gasteiger partial charge is 0.496 e. The van der Waals surface area contributed by atoms with Crippen LogP contribution in [0.2, 0.25) is 5.02 Å². The zero-order chi connectivity index (χ0) is 14.7. The van der Waals surface area contributed by atoms with Crippen molar-refractivity contribution in [3.05, 3.63) is 58.4 Å². The Morgan fingerprint density at radius 3 is 2.90 bits per heavy atom. The molecule has 110 valence electrons. The van der Waals surface area contributed by atoms with Crippen LogP contribution >= 0.6 is 11.6 Å². The van der Waals surface area contributed by atoms with Crippen molar-refractivity contribution in [3.63, 3.8) is 0 Å². The summed E-state index contributed by atoms with van der Waals surface area (Å²) < 4.78 is 5.49. The Balaban J connectivity index is 1.75. The lowest BCUT2D eigenvalue weighted by atomic mass is 10.0. The predicted octanol–water partition coefficient (Wildman–Crippen LogP) is 3.34. The summed E-state index contributed by atoms with van der Waals surface area (Å²) in [4.78, 5) is 6.49. The number of hydrogen-bond acceptors (Lipinski definition) is 3. The molecule has 3 nitrogen and oxygen atoms in total. The third-order valence-corrected chi connectivity index (χ3v) is 4.42. The Morgan fingerprint density at radius 1 is 1.24 bits per heavy atom. The van der Waals surface area contributed by atoms with E-state index >= 15 is 0 Å². The average molecular weight is 303 g/mol. The maximum Gasteiger partial charge on any atom is 0.122 e. The number of nitrogens with zero attached hydrogens (tertiary/aromatic N) is 2. The van der Waals surface area contributed by atoms with Crippen molar-refractivity contribution in [2.75, 3.05) is 20.2 Å². The minimum Gasteiger partial charge on any atom is -0.496 e. The third kappa shape index (κ3) is 3.20. The second kappa shape index (κ2) is 6.46. The number of pyridine rings is 1. The van der Waals surface area contributed by atoms with E-state index in [9.17, 15) is 0 Å². The molecule has 0 bridgehead atoms. The lowest BCUT2D eigenvalue weighted by molar-refractivity contribution is 0.278. The molecule has 1 aliphatic heterocycles. The zero-order valence-corrected chi connectivity index (χ0v) is 12.9. The van der Waals surface area contributed by atoms with Gasteiger partial charge in [0, 0.05) is 32.0 Å². The predicted molar refractivity (Wildman–Crippen MR) is 84.9 cm³/mol. The molecule has 0 atom stereocenters. The first-order valence-corrected chi connectivity index (χ1v) is 7.61. The molecule has 0 fully saturated rings. The van der Waals surface area contributed by atoms with Crippen molar-refractivity contribution in [1.29, 1.82) is 0 Å². The van der Waals surface area contributed by atoms with Crippen molar-refractivity contribution in [3.8, 4) is 5.75 Å². The molecule has 0 saturated carbocycles. The molecule has 0 saturated heterocycles. The van der Waals surface area contributed by atoms with Gasteiger partial charge in [-0.25, -0.2) is 0 Å². The number of rotatable bonds is 3. The molecular weight excluding hydrogens is 284 g/mol. The Bertz CT molecular complexity index is 630. The van der Waals surface area contributed by atoms with Crippen LogP contribution in [0.3, 0.4) is 0 Å².